The molecule has 0 aromatic heterocycles. The molecule has 0 spiro atoms. The molecule has 28 heavy (non-hydrogen) atoms. The van der Waals surface area contributed by atoms with Crippen molar-refractivity contribution in [2.45, 2.75) is 50.8 Å². The van der Waals surface area contributed by atoms with Crippen LogP contribution in [-0.2, 0) is 32.2 Å². The fourth-order valence-electron chi connectivity index (χ4n) is 3.30. The molecule has 1 aliphatic rings. The molecule has 0 bridgehead atoms. The van der Waals surface area contributed by atoms with Gasteiger partial charge in [0.2, 0.25) is 0 Å². The fourth-order valence-corrected chi connectivity index (χ4v) is 3.30. The number of benzene rings is 2. The number of ether oxygens (including phenoxy) is 4. The van der Waals surface area contributed by atoms with Gasteiger partial charge in [0.25, 0.3) is 0 Å². The molecular weight excluding hydrogens is 356 g/mol. The second-order valence-corrected chi connectivity index (χ2v) is 6.84. The van der Waals surface area contributed by atoms with Crippen LogP contribution in [0.4, 0.5) is 0 Å². The monoisotopic (exact) mass is 384 g/mol. The maximum atomic E-state index is 10.5. The summed E-state index contributed by atoms with van der Waals surface area (Å²) in [6, 6.07) is 19.7. The zero-order chi connectivity index (χ0) is 19.8. The minimum atomic E-state index is -1.09. The minimum absolute atomic E-state index is 0.334. The molecule has 1 fully saturated rings. The van der Waals surface area contributed by atoms with Gasteiger partial charge in [0, 0.05) is 0 Å². The lowest BCUT2D eigenvalue weighted by Crippen LogP contribution is -2.59. The van der Waals surface area contributed by atoms with E-state index in [1.807, 2.05) is 67.6 Å². The normalized spacial score (nSPS) is 27.4. The van der Waals surface area contributed by atoms with Crippen LogP contribution in [-0.4, -0.2) is 42.4 Å². The predicted octanol–water partition coefficient (Wildman–Crippen LogP) is 3.47. The standard InChI is InChI=1S/C23H28O5/c1-3-14-25-21-20(26-15-18-10-6-4-7-11-18)17(2)28-23(24)22(21)27-16-19-12-8-5-9-13-19/h3-13,17,20-24H,1,14-16H2,2H3/t17-,20-,21+,22+,23+/m0/s1. The Morgan fingerprint density at radius 2 is 1.39 bits per heavy atom. The van der Waals surface area contributed by atoms with Crippen LogP contribution in [0.1, 0.15) is 18.1 Å². The number of aliphatic hydroxyl groups is 1. The highest BCUT2D eigenvalue weighted by atomic mass is 16.7. The fraction of sp³-hybridized carbons (Fsp3) is 0.391. The lowest BCUT2D eigenvalue weighted by Gasteiger charge is -2.43. The molecule has 0 aliphatic carbocycles. The van der Waals surface area contributed by atoms with E-state index in [1.54, 1.807) is 6.08 Å². The van der Waals surface area contributed by atoms with Crippen molar-refractivity contribution in [3.8, 4) is 0 Å². The first kappa shape index (κ1) is 20.7. The summed E-state index contributed by atoms with van der Waals surface area (Å²) in [5.41, 5.74) is 2.07. The molecule has 0 radical (unpaired) electrons. The van der Waals surface area contributed by atoms with Crippen molar-refractivity contribution in [2.75, 3.05) is 6.61 Å². The number of aliphatic hydroxyl groups excluding tert-OH is 1. The number of hydrogen-bond donors (Lipinski definition) is 1. The van der Waals surface area contributed by atoms with Gasteiger partial charge >= 0.3 is 0 Å². The lowest BCUT2D eigenvalue weighted by atomic mass is 9.99. The van der Waals surface area contributed by atoms with E-state index in [-0.39, 0.29) is 12.2 Å². The lowest BCUT2D eigenvalue weighted by molar-refractivity contribution is -0.305. The second-order valence-electron chi connectivity index (χ2n) is 6.84. The van der Waals surface area contributed by atoms with Crippen molar-refractivity contribution < 1.29 is 24.1 Å². The quantitative estimate of drug-likeness (QED) is 0.671. The van der Waals surface area contributed by atoms with Gasteiger partial charge in [-0.1, -0.05) is 66.7 Å². The molecule has 5 nitrogen and oxygen atoms in total. The molecule has 2 aromatic carbocycles. The van der Waals surface area contributed by atoms with Gasteiger partial charge in [-0.15, -0.1) is 6.58 Å². The Morgan fingerprint density at radius 3 is 1.93 bits per heavy atom. The SMILES string of the molecule is C=CCO[C@@H]1[C@@H](OCc2ccccc2)[C@H](C)O[C@@H](O)[C@@H]1OCc1ccccc1. The first-order valence-electron chi connectivity index (χ1n) is 9.56. The largest absolute Gasteiger partial charge is 0.368 e. The Bertz CT molecular complexity index is 650. The summed E-state index contributed by atoms with van der Waals surface area (Å²) in [5.74, 6) is 0. The van der Waals surface area contributed by atoms with E-state index in [2.05, 4.69) is 6.58 Å². The minimum Gasteiger partial charge on any atom is -0.368 e. The Labute approximate surface area is 166 Å². The molecule has 2 aromatic rings. The van der Waals surface area contributed by atoms with E-state index < -0.39 is 18.5 Å². The molecule has 1 heterocycles. The average molecular weight is 384 g/mol. The second kappa shape index (κ2) is 10.5. The van der Waals surface area contributed by atoms with Gasteiger partial charge in [0.1, 0.15) is 18.3 Å². The smallest absolute Gasteiger partial charge is 0.184 e. The molecule has 1 N–H and O–H groups in total. The molecule has 0 unspecified atom stereocenters. The van der Waals surface area contributed by atoms with Crippen molar-refractivity contribution in [3.05, 3.63) is 84.4 Å². The Morgan fingerprint density at radius 1 is 0.857 bits per heavy atom. The Kier molecular flexibility index (Phi) is 7.77. The van der Waals surface area contributed by atoms with E-state index in [9.17, 15) is 5.11 Å². The Balaban J connectivity index is 1.71. The molecule has 0 saturated carbocycles. The predicted molar refractivity (Wildman–Crippen MR) is 107 cm³/mol. The summed E-state index contributed by atoms with van der Waals surface area (Å²) < 4.78 is 23.8. The molecule has 5 heteroatoms. The maximum Gasteiger partial charge on any atom is 0.184 e. The Hall–Kier alpha value is -2.02. The summed E-state index contributed by atoms with van der Waals surface area (Å²) in [6.07, 6.45) is -1.30. The molecule has 3 rings (SSSR count). The van der Waals surface area contributed by atoms with Crippen LogP contribution in [0.15, 0.2) is 73.3 Å². The summed E-state index contributed by atoms with van der Waals surface area (Å²) in [6.45, 7) is 6.70. The van der Waals surface area contributed by atoms with Gasteiger partial charge in [-0.2, -0.15) is 0 Å². The van der Waals surface area contributed by atoms with Crippen LogP contribution in [0, 0.1) is 0 Å². The maximum absolute atomic E-state index is 10.5. The molecule has 0 amide bonds. The first-order valence-corrected chi connectivity index (χ1v) is 9.56. The number of hydrogen-bond acceptors (Lipinski definition) is 5. The van der Waals surface area contributed by atoms with Gasteiger partial charge in [-0.25, -0.2) is 0 Å². The third-order valence-corrected chi connectivity index (χ3v) is 4.72. The van der Waals surface area contributed by atoms with E-state index in [1.165, 1.54) is 0 Å². The first-order chi connectivity index (χ1) is 13.7. The zero-order valence-electron chi connectivity index (χ0n) is 16.1. The van der Waals surface area contributed by atoms with E-state index in [4.69, 9.17) is 18.9 Å². The van der Waals surface area contributed by atoms with Gasteiger partial charge in [0.05, 0.1) is 25.9 Å². The molecule has 5 atom stereocenters. The van der Waals surface area contributed by atoms with E-state index >= 15 is 0 Å². The summed E-state index contributed by atoms with van der Waals surface area (Å²) >= 11 is 0. The summed E-state index contributed by atoms with van der Waals surface area (Å²) in [5, 5.41) is 10.5. The summed E-state index contributed by atoms with van der Waals surface area (Å²) in [7, 11) is 0. The molecular formula is C23H28O5. The van der Waals surface area contributed by atoms with Crippen molar-refractivity contribution in [2.24, 2.45) is 0 Å². The van der Waals surface area contributed by atoms with Crippen molar-refractivity contribution in [3.63, 3.8) is 0 Å². The third kappa shape index (κ3) is 5.50. The van der Waals surface area contributed by atoms with Crippen LogP contribution in [0.2, 0.25) is 0 Å². The van der Waals surface area contributed by atoms with Crippen molar-refractivity contribution in [1.82, 2.24) is 0 Å². The van der Waals surface area contributed by atoms with Gasteiger partial charge in [-0.05, 0) is 18.1 Å². The van der Waals surface area contributed by atoms with Crippen LogP contribution < -0.4 is 0 Å². The van der Waals surface area contributed by atoms with Crippen LogP contribution in [0.25, 0.3) is 0 Å². The van der Waals surface area contributed by atoms with Crippen LogP contribution in [0.3, 0.4) is 0 Å². The van der Waals surface area contributed by atoms with E-state index in [0.29, 0.717) is 19.8 Å². The molecule has 150 valence electrons. The van der Waals surface area contributed by atoms with Gasteiger partial charge in [-0.3, -0.25) is 0 Å². The van der Waals surface area contributed by atoms with Gasteiger partial charge < -0.3 is 24.1 Å². The van der Waals surface area contributed by atoms with E-state index in [0.717, 1.165) is 11.1 Å². The topological polar surface area (TPSA) is 57.2 Å². The number of rotatable bonds is 9. The van der Waals surface area contributed by atoms with Crippen LogP contribution >= 0.6 is 0 Å². The highest BCUT2D eigenvalue weighted by molar-refractivity contribution is 5.14. The average Bonchev–Trinajstić information content (AvgIpc) is 2.72. The van der Waals surface area contributed by atoms with Crippen molar-refractivity contribution >= 4 is 0 Å². The summed E-state index contributed by atoms with van der Waals surface area (Å²) in [4.78, 5) is 0. The highest BCUT2D eigenvalue weighted by Gasteiger charge is 2.46. The van der Waals surface area contributed by atoms with Crippen LogP contribution in [0.5, 0.6) is 0 Å². The zero-order valence-corrected chi connectivity index (χ0v) is 16.1. The molecule has 1 saturated heterocycles. The highest BCUT2D eigenvalue weighted by Crippen LogP contribution is 2.28. The van der Waals surface area contributed by atoms with Crippen molar-refractivity contribution in [1.29, 1.82) is 0 Å². The van der Waals surface area contributed by atoms with Gasteiger partial charge in [0.15, 0.2) is 6.29 Å². The molecule has 1 aliphatic heterocycles. The third-order valence-electron chi connectivity index (χ3n) is 4.72.